The summed E-state index contributed by atoms with van der Waals surface area (Å²) in [5.74, 6) is -0.173. The monoisotopic (exact) mass is 402 g/mol. The maximum atomic E-state index is 12.5. The molecule has 2 amide bonds. The summed E-state index contributed by atoms with van der Waals surface area (Å²) in [4.78, 5) is 24.5. The number of carbonyl (C=O) groups is 2. The van der Waals surface area contributed by atoms with Gasteiger partial charge in [0.15, 0.2) is 6.61 Å². The molecule has 5 heteroatoms. The van der Waals surface area contributed by atoms with E-state index in [1.54, 1.807) is 0 Å². The van der Waals surface area contributed by atoms with Crippen molar-refractivity contribution in [3.63, 3.8) is 0 Å². The number of carbonyl (C=O) groups excluding carboxylic acids is 2. The molecule has 0 aliphatic rings. The first-order chi connectivity index (χ1) is 14.5. The zero-order valence-electron chi connectivity index (χ0n) is 17.2. The molecule has 5 nitrogen and oxygen atoms in total. The number of hydrogen-bond acceptors (Lipinski definition) is 3. The summed E-state index contributed by atoms with van der Waals surface area (Å²) >= 11 is 0. The van der Waals surface area contributed by atoms with E-state index in [1.165, 1.54) is 0 Å². The number of rotatable bonds is 7. The van der Waals surface area contributed by atoms with Crippen LogP contribution in [0.1, 0.15) is 34.6 Å². The Morgan fingerprint density at radius 1 is 0.767 bits per heavy atom. The average Bonchev–Trinajstić information content (AvgIpc) is 2.78. The summed E-state index contributed by atoms with van der Waals surface area (Å²) in [5.41, 5.74) is 9.25. The Hall–Kier alpha value is -3.60. The highest BCUT2D eigenvalue weighted by Crippen LogP contribution is 2.27. The molecule has 0 aromatic heterocycles. The molecule has 0 heterocycles. The topological polar surface area (TPSA) is 67.4 Å². The lowest BCUT2D eigenvalue weighted by molar-refractivity contribution is -0.130. The van der Waals surface area contributed by atoms with Gasteiger partial charge in [-0.25, -0.2) is 0 Å². The van der Waals surface area contributed by atoms with Crippen LogP contribution in [0, 0.1) is 13.8 Å². The van der Waals surface area contributed by atoms with Crippen LogP contribution in [0.2, 0.25) is 0 Å². The van der Waals surface area contributed by atoms with Crippen molar-refractivity contribution in [3.05, 3.63) is 101 Å². The first-order valence-electron chi connectivity index (χ1n) is 9.90. The Morgan fingerprint density at radius 2 is 1.33 bits per heavy atom. The van der Waals surface area contributed by atoms with Crippen LogP contribution in [0.3, 0.4) is 0 Å². The molecule has 0 saturated heterocycles. The van der Waals surface area contributed by atoms with Gasteiger partial charge in [-0.05, 0) is 48.2 Å². The normalized spacial score (nSPS) is 10.5. The Morgan fingerprint density at radius 3 is 1.90 bits per heavy atom. The molecule has 0 unspecified atom stereocenters. The van der Waals surface area contributed by atoms with Crippen molar-refractivity contribution in [2.24, 2.45) is 0 Å². The molecular weight excluding hydrogens is 376 g/mol. The number of amides is 2. The molecule has 0 atom stereocenters. The van der Waals surface area contributed by atoms with Crippen molar-refractivity contribution in [1.82, 2.24) is 10.9 Å². The van der Waals surface area contributed by atoms with Crippen molar-refractivity contribution >= 4 is 11.8 Å². The third kappa shape index (κ3) is 5.95. The Labute approximate surface area is 177 Å². The Bertz CT molecular complexity index is 948. The highest BCUT2D eigenvalue weighted by Gasteiger charge is 2.18. The van der Waals surface area contributed by atoms with Crippen molar-refractivity contribution in [3.8, 4) is 5.75 Å². The van der Waals surface area contributed by atoms with E-state index in [2.05, 4.69) is 10.9 Å². The molecule has 3 rings (SSSR count). The second kappa shape index (κ2) is 10.3. The molecule has 0 bridgehead atoms. The maximum Gasteiger partial charge on any atom is 0.276 e. The zero-order chi connectivity index (χ0) is 21.3. The van der Waals surface area contributed by atoms with Gasteiger partial charge in [0.2, 0.25) is 5.91 Å². The van der Waals surface area contributed by atoms with Gasteiger partial charge in [-0.1, -0.05) is 66.7 Å². The Kier molecular flexibility index (Phi) is 7.22. The molecule has 154 valence electrons. The fourth-order valence-electron chi connectivity index (χ4n) is 3.16. The maximum absolute atomic E-state index is 12.5. The molecule has 0 fully saturated rings. The highest BCUT2D eigenvalue weighted by molar-refractivity contribution is 5.83. The predicted molar refractivity (Wildman–Crippen MR) is 117 cm³/mol. The van der Waals surface area contributed by atoms with E-state index in [9.17, 15) is 9.59 Å². The van der Waals surface area contributed by atoms with Gasteiger partial charge in [-0.2, -0.15) is 0 Å². The van der Waals surface area contributed by atoms with Gasteiger partial charge in [-0.3, -0.25) is 20.4 Å². The summed E-state index contributed by atoms with van der Waals surface area (Å²) in [6.45, 7) is 3.82. The van der Waals surface area contributed by atoms with Crippen LogP contribution in [0.25, 0.3) is 0 Å². The van der Waals surface area contributed by atoms with Crippen LogP contribution in [-0.2, 0) is 9.59 Å². The molecule has 0 spiro atoms. The van der Waals surface area contributed by atoms with E-state index in [-0.39, 0.29) is 24.9 Å². The average molecular weight is 402 g/mol. The first kappa shape index (κ1) is 21.1. The minimum absolute atomic E-state index is 0.101. The highest BCUT2D eigenvalue weighted by atomic mass is 16.5. The standard InChI is InChI=1S/C25H26N2O3/c1-18-13-14-22(15-19(18)2)30-17-25(29)27-26-24(28)16-23(20-9-5-3-6-10-20)21-11-7-4-8-12-21/h3-15,23H,16-17H2,1-2H3,(H,26,28)(H,27,29). The van der Waals surface area contributed by atoms with Crippen LogP contribution in [0.4, 0.5) is 0 Å². The summed E-state index contributed by atoms with van der Waals surface area (Å²) in [5, 5.41) is 0. The summed E-state index contributed by atoms with van der Waals surface area (Å²) < 4.78 is 5.49. The zero-order valence-corrected chi connectivity index (χ0v) is 17.2. The Balaban J connectivity index is 1.54. The van der Waals surface area contributed by atoms with Crippen molar-refractivity contribution in [1.29, 1.82) is 0 Å². The first-order valence-corrected chi connectivity index (χ1v) is 9.90. The summed E-state index contributed by atoms with van der Waals surface area (Å²) in [6.07, 6.45) is 0.215. The lowest BCUT2D eigenvalue weighted by atomic mass is 9.88. The number of ether oxygens (including phenoxy) is 1. The largest absolute Gasteiger partial charge is 0.484 e. The fourth-order valence-corrected chi connectivity index (χ4v) is 3.16. The number of nitrogens with one attached hydrogen (secondary N) is 2. The number of aryl methyl sites for hydroxylation is 2. The molecule has 0 aliphatic carbocycles. The van der Waals surface area contributed by atoms with E-state index in [0.29, 0.717) is 5.75 Å². The predicted octanol–water partition coefficient (Wildman–Crippen LogP) is 4.05. The summed E-state index contributed by atoms with van der Waals surface area (Å²) in [7, 11) is 0. The lowest BCUT2D eigenvalue weighted by Gasteiger charge is -2.18. The third-order valence-electron chi connectivity index (χ3n) is 4.98. The van der Waals surface area contributed by atoms with Crippen molar-refractivity contribution in [2.75, 3.05) is 6.61 Å². The van der Waals surface area contributed by atoms with Crippen LogP contribution in [0.15, 0.2) is 78.9 Å². The quantitative estimate of drug-likeness (QED) is 0.586. The van der Waals surface area contributed by atoms with Crippen LogP contribution < -0.4 is 15.6 Å². The van der Waals surface area contributed by atoms with Crippen LogP contribution in [-0.4, -0.2) is 18.4 Å². The van der Waals surface area contributed by atoms with Gasteiger partial charge < -0.3 is 4.74 Å². The lowest BCUT2D eigenvalue weighted by Crippen LogP contribution is -2.44. The number of benzene rings is 3. The van der Waals surface area contributed by atoms with E-state index >= 15 is 0 Å². The second-order valence-corrected chi connectivity index (χ2v) is 7.21. The minimum atomic E-state index is -0.419. The molecule has 3 aromatic carbocycles. The smallest absolute Gasteiger partial charge is 0.276 e. The number of hydrazine groups is 1. The van der Waals surface area contributed by atoms with Gasteiger partial charge in [0.1, 0.15) is 5.75 Å². The third-order valence-corrected chi connectivity index (χ3v) is 4.98. The van der Waals surface area contributed by atoms with E-state index in [4.69, 9.17) is 4.74 Å². The van der Waals surface area contributed by atoms with Crippen molar-refractivity contribution < 1.29 is 14.3 Å². The molecule has 2 N–H and O–H groups in total. The van der Waals surface area contributed by atoms with Gasteiger partial charge in [0, 0.05) is 12.3 Å². The van der Waals surface area contributed by atoms with E-state index in [0.717, 1.165) is 22.3 Å². The number of hydrogen-bond donors (Lipinski definition) is 2. The van der Waals surface area contributed by atoms with E-state index < -0.39 is 5.91 Å². The van der Waals surface area contributed by atoms with Crippen LogP contribution in [0.5, 0.6) is 5.75 Å². The van der Waals surface area contributed by atoms with Gasteiger partial charge in [-0.15, -0.1) is 0 Å². The molecular formula is C25H26N2O3. The minimum Gasteiger partial charge on any atom is -0.484 e. The second-order valence-electron chi connectivity index (χ2n) is 7.21. The summed E-state index contributed by atoms with van der Waals surface area (Å²) in [6, 6.07) is 25.3. The molecule has 0 radical (unpaired) electrons. The van der Waals surface area contributed by atoms with Crippen molar-refractivity contribution in [2.45, 2.75) is 26.2 Å². The van der Waals surface area contributed by atoms with Gasteiger partial charge >= 0.3 is 0 Å². The van der Waals surface area contributed by atoms with E-state index in [1.807, 2.05) is 92.7 Å². The van der Waals surface area contributed by atoms with Crippen LogP contribution >= 0.6 is 0 Å². The fraction of sp³-hybridized carbons (Fsp3) is 0.200. The van der Waals surface area contributed by atoms with Gasteiger partial charge in [0.25, 0.3) is 5.91 Å². The van der Waals surface area contributed by atoms with Gasteiger partial charge in [0.05, 0.1) is 0 Å². The molecule has 3 aromatic rings. The SMILES string of the molecule is Cc1ccc(OCC(=O)NNC(=O)CC(c2ccccc2)c2ccccc2)cc1C. The molecule has 30 heavy (non-hydrogen) atoms. The molecule has 0 aliphatic heterocycles. The molecule has 0 saturated carbocycles.